The predicted octanol–water partition coefficient (Wildman–Crippen LogP) is 4.61. The SMILES string of the molecule is CCCCCCC/C=C/c1cc(=O)c2ccccc2n1O. The Morgan fingerprint density at radius 2 is 1.90 bits per heavy atom. The number of hydrogen-bond donors (Lipinski definition) is 1. The molecule has 0 saturated carbocycles. The second kappa shape index (κ2) is 7.67. The molecule has 1 aromatic carbocycles. The Balaban J connectivity index is 2.05. The highest BCUT2D eigenvalue weighted by Crippen LogP contribution is 2.13. The molecule has 0 spiro atoms. The summed E-state index contributed by atoms with van der Waals surface area (Å²) in [6.45, 7) is 2.21. The van der Waals surface area contributed by atoms with Crippen molar-refractivity contribution >= 4 is 17.0 Å². The van der Waals surface area contributed by atoms with E-state index in [1.165, 1.54) is 31.7 Å². The lowest BCUT2D eigenvalue weighted by molar-refractivity contribution is 0.196. The van der Waals surface area contributed by atoms with Crippen LogP contribution in [0.15, 0.2) is 41.2 Å². The van der Waals surface area contributed by atoms with Crippen molar-refractivity contribution in [3.8, 4) is 0 Å². The molecular weight excluding hydrogens is 262 g/mol. The number of aromatic nitrogens is 1. The van der Waals surface area contributed by atoms with Crippen LogP contribution in [0.1, 0.15) is 51.1 Å². The van der Waals surface area contributed by atoms with E-state index >= 15 is 0 Å². The van der Waals surface area contributed by atoms with Crippen molar-refractivity contribution in [1.29, 1.82) is 0 Å². The highest BCUT2D eigenvalue weighted by atomic mass is 16.5. The molecule has 3 nitrogen and oxygen atoms in total. The lowest BCUT2D eigenvalue weighted by Crippen LogP contribution is -2.09. The highest BCUT2D eigenvalue weighted by Gasteiger charge is 2.05. The number of fused-ring (bicyclic) bond motifs is 1. The van der Waals surface area contributed by atoms with Gasteiger partial charge in [-0.3, -0.25) is 4.79 Å². The number of benzene rings is 1. The van der Waals surface area contributed by atoms with Crippen LogP contribution in [0.4, 0.5) is 0 Å². The Labute approximate surface area is 125 Å². The largest absolute Gasteiger partial charge is 0.428 e. The summed E-state index contributed by atoms with van der Waals surface area (Å²) in [6.07, 6.45) is 11.1. The van der Waals surface area contributed by atoms with Crippen molar-refractivity contribution in [3.05, 3.63) is 52.3 Å². The maximum atomic E-state index is 12.0. The number of hydrogen-bond acceptors (Lipinski definition) is 2. The monoisotopic (exact) mass is 285 g/mol. The minimum atomic E-state index is -0.0569. The number of para-hydroxylation sites is 1. The zero-order valence-corrected chi connectivity index (χ0v) is 12.6. The van der Waals surface area contributed by atoms with Crippen molar-refractivity contribution in [2.45, 2.75) is 45.4 Å². The highest BCUT2D eigenvalue weighted by molar-refractivity contribution is 5.79. The molecule has 0 unspecified atom stereocenters. The van der Waals surface area contributed by atoms with Crippen molar-refractivity contribution in [2.75, 3.05) is 0 Å². The minimum absolute atomic E-state index is 0.0569. The summed E-state index contributed by atoms with van der Waals surface area (Å²) in [5.41, 5.74) is 1.03. The Hall–Kier alpha value is -2.03. The van der Waals surface area contributed by atoms with Gasteiger partial charge < -0.3 is 5.21 Å². The zero-order valence-electron chi connectivity index (χ0n) is 12.6. The molecule has 1 heterocycles. The van der Waals surface area contributed by atoms with Crippen LogP contribution >= 0.6 is 0 Å². The van der Waals surface area contributed by atoms with Gasteiger partial charge in [0.25, 0.3) is 0 Å². The molecule has 0 radical (unpaired) electrons. The average molecular weight is 285 g/mol. The second-order valence-corrected chi connectivity index (χ2v) is 5.37. The Morgan fingerprint density at radius 3 is 2.71 bits per heavy atom. The maximum Gasteiger partial charge on any atom is 0.190 e. The van der Waals surface area contributed by atoms with E-state index in [1.807, 2.05) is 18.2 Å². The van der Waals surface area contributed by atoms with Gasteiger partial charge in [-0.1, -0.05) is 50.8 Å². The first-order valence-corrected chi connectivity index (χ1v) is 7.74. The Kier molecular flexibility index (Phi) is 5.61. The normalized spacial score (nSPS) is 11.5. The Morgan fingerprint density at radius 1 is 1.14 bits per heavy atom. The summed E-state index contributed by atoms with van der Waals surface area (Å²) in [5, 5.41) is 10.7. The summed E-state index contributed by atoms with van der Waals surface area (Å²) >= 11 is 0. The van der Waals surface area contributed by atoms with E-state index in [2.05, 4.69) is 6.92 Å². The molecule has 21 heavy (non-hydrogen) atoms. The van der Waals surface area contributed by atoms with Gasteiger partial charge in [0.05, 0.1) is 11.2 Å². The molecule has 0 amide bonds. The van der Waals surface area contributed by atoms with Crippen molar-refractivity contribution < 1.29 is 5.21 Å². The van der Waals surface area contributed by atoms with Crippen LogP contribution in [-0.2, 0) is 0 Å². The number of pyridine rings is 1. The van der Waals surface area contributed by atoms with Gasteiger partial charge in [-0.2, -0.15) is 4.73 Å². The molecule has 0 fully saturated rings. The third kappa shape index (κ3) is 3.97. The zero-order chi connectivity index (χ0) is 15.1. The van der Waals surface area contributed by atoms with Gasteiger partial charge in [0.1, 0.15) is 0 Å². The molecule has 3 heteroatoms. The van der Waals surface area contributed by atoms with Crippen LogP contribution in [0.3, 0.4) is 0 Å². The van der Waals surface area contributed by atoms with Crippen LogP contribution < -0.4 is 5.43 Å². The number of allylic oxidation sites excluding steroid dienone is 1. The van der Waals surface area contributed by atoms with Gasteiger partial charge >= 0.3 is 0 Å². The fraction of sp³-hybridized carbons (Fsp3) is 0.389. The van der Waals surface area contributed by atoms with E-state index in [-0.39, 0.29) is 5.43 Å². The predicted molar refractivity (Wildman–Crippen MR) is 87.8 cm³/mol. The molecule has 0 bridgehead atoms. The van der Waals surface area contributed by atoms with Gasteiger partial charge in [0, 0.05) is 11.5 Å². The van der Waals surface area contributed by atoms with Crippen LogP contribution in [-0.4, -0.2) is 9.94 Å². The number of rotatable bonds is 7. The summed E-state index contributed by atoms with van der Waals surface area (Å²) in [5.74, 6) is 0. The summed E-state index contributed by atoms with van der Waals surface area (Å²) in [7, 11) is 0. The fourth-order valence-electron chi connectivity index (χ4n) is 2.47. The standard InChI is InChI=1S/C18H23NO2/c1-2-3-4-5-6-7-8-11-15-14-18(20)16-12-9-10-13-17(16)19(15)21/h8-14,21H,2-7H2,1H3/b11-8+. The van der Waals surface area contributed by atoms with E-state index in [0.29, 0.717) is 16.6 Å². The fourth-order valence-corrected chi connectivity index (χ4v) is 2.47. The molecule has 2 aromatic rings. The van der Waals surface area contributed by atoms with Crippen molar-refractivity contribution in [2.24, 2.45) is 0 Å². The van der Waals surface area contributed by atoms with Gasteiger partial charge in [0.2, 0.25) is 0 Å². The van der Waals surface area contributed by atoms with Gasteiger partial charge in [-0.15, -0.1) is 0 Å². The second-order valence-electron chi connectivity index (χ2n) is 5.37. The molecule has 2 rings (SSSR count). The third-order valence-electron chi connectivity index (χ3n) is 3.68. The van der Waals surface area contributed by atoms with Crippen LogP contribution in [0.25, 0.3) is 17.0 Å². The van der Waals surface area contributed by atoms with E-state index in [0.717, 1.165) is 17.6 Å². The summed E-state index contributed by atoms with van der Waals surface area (Å²) < 4.78 is 1.09. The lowest BCUT2D eigenvalue weighted by Gasteiger charge is -2.07. The Bertz CT molecular complexity index is 670. The number of unbranched alkanes of at least 4 members (excludes halogenated alkanes) is 5. The summed E-state index contributed by atoms with van der Waals surface area (Å²) in [6, 6.07) is 8.58. The van der Waals surface area contributed by atoms with E-state index in [4.69, 9.17) is 0 Å². The molecule has 0 aliphatic carbocycles. The smallest absolute Gasteiger partial charge is 0.190 e. The van der Waals surface area contributed by atoms with Crippen LogP contribution in [0, 0.1) is 0 Å². The molecule has 1 N–H and O–H groups in total. The first kappa shape index (κ1) is 15.4. The molecule has 1 aromatic heterocycles. The van der Waals surface area contributed by atoms with E-state index < -0.39 is 0 Å². The minimum Gasteiger partial charge on any atom is -0.428 e. The number of nitrogens with zero attached hydrogens (tertiary/aromatic N) is 1. The molecule has 0 aliphatic heterocycles. The van der Waals surface area contributed by atoms with E-state index in [9.17, 15) is 10.0 Å². The average Bonchev–Trinajstić information content (AvgIpc) is 2.51. The first-order valence-electron chi connectivity index (χ1n) is 7.74. The molecular formula is C18H23NO2. The quantitative estimate of drug-likeness (QED) is 0.596. The molecule has 112 valence electrons. The van der Waals surface area contributed by atoms with Gasteiger partial charge in [0.15, 0.2) is 5.43 Å². The van der Waals surface area contributed by atoms with Gasteiger partial charge in [-0.25, -0.2) is 0 Å². The lowest BCUT2D eigenvalue weighted by atomic mass is 10.1. The molecule has 0 aliphatic rings. The summed E-state index contributed by atoms with van der Waals surface area (Å²) in [4.78, 5) is 12.0. The first-order chi connectivity index (χ1) is 10.2. The van der Waals surface area contributed by atoms with Crippen molar-refractivity contribution in [3.63, 3.8) is 0 Å². The molecule has 0 saturated heterocycles. The topological polar surface area (TPSA) is 42.2 Å². The van der Waals surface area contributed by atoms with E-state index in [1.54, 1.807) is 18.2 Å². The molecule has 0 atom stereocenters. The third-order valence-corrected chi connectivity index (χ3v) is 3.68. The van der Waals surface area contributed by atoms with Crippen LogP contribution in [0.2, 0.25) is 0 Å². The van der Waals surface area contributed by atoms with Crippen molar-refractivity contribution in [1.82, 2.24) is 4.73 Å². The van der Waals surface area contributed by atoms with Crippen LogP contribution in [0.5, 0.6) is 0 Å². The van der Waals surface area contributed by atoms with Gasteiger partial charge in [-0.05, 0) is 31.1 Å². The maximum absolute atomic E-state index is 12.0.